The van der Waals surface area contributed by atoms with Gasteiger partial charge in [0.25, 0.3) is 5.91 Å². The van der Waals surface area contributed by atoms with Gasteiger partial charge in [-0.25, -0.2) is 8.78 Å². The minimum absolute atomic E-state index is 0.0475. The third kappa shape index (κ3) is 5.18. The number of amides is 1. The fourth-order valence-electron chi connectivity index (χ4n) is 3.62. The molecule has 4 rings (SSSR count). The summed E-state index contributed by atoms with van der Waals surface area (Å²) in [5.41, 5.74) is 2.83. The lowest BCUT2D eigenvalue weighted by molar-refractivity contribution is 0.0850. The van der Waals surface area contributed by atoms with Crippen LogP contribution in [-0.2, 0) is 6.54 Å². The standard InChI is InChI=1S/C24H21ClF2N4O2/c25-19-4-1-3-18(24(33)30-22(20(27)14-32)13-31-10-2-9-29-31)23(19)21-11-16(12-28-21)15-5-7-17(26)8-6-15/h1-11,20,22,32H,12-14H2,(H,30,33)/t20-,22-/m1/s1. The van der Waals surface area contributed by atoms with Crippen LogP contribution in [0.3, 0.4) is 0 Å². The molecule has 3 aromatic rings. The molecule has 0 aliphatic carbocycles. The highest BCUT2D eigenvalue weighted by atomic mass is 35.5. The van der Waals surface area contributed by atoms with Crippen molar-refractivity contribution in [1.82, 2.24) is 15.1 Å². The maximum Gasteiger partial charge on any atom is 0.252 e. The maximum atomic E-state index is 14.4. The van der Waals surface area contributed by atoms with Crippen LogP contribution < -0.4 is 5.32 Å². The van der Waals surface area contributed by atoms with E-state index in [1.54, 1.807) is 54.9 Å². The lowest BCUT2D eigenvalue weighted by Crippen LogP contribution is -2.46. The average molecular weight is 471 g/mol. The van der Waals surface area contributed by atoms with Gasteiger partial charge in [-0.3, -0.25) is 14.5 Å². The van der Waals surface area contributed by atoms with Crippen LogP contribution in [-0.4, -0.2) is 51.9 Å². The van der Waals surface area contributed by atoms with E-state index < -0.39 is 24.7 Å². The molecule has 1 amide bonds. The zero-order chi connectivity index (χ0) is 23.4. The molecule has 170 valence electrons. The van der Waals surface area contributed by atoms with E-state index in [0.717, 1.165) is 11.1 Å². The Labute approximate surface area is 194 Å². The molecule has 0 radical (unpaired) electrons. The number of aliphatic imine (C=N–C) groups is 1. The molecule has 33 heavy (non-hydrogen) atoms. The zero-order valence-electron chi connectivity index (χ0n) is 17.5. The topological polar surface area (TPSA) is 79.5 Å². The van der Waals surface area contributed by atoms with Gasteiger partial charge in [0.2, 0.25) is 0 Å². The van der Waals surface area contributed by atoms with Crippen LogP contribution in [0, 0.1) is 5.82 Å². The van der Waals surface area contributed by atoms with E-state index in [4.69, 9.17) is 11.6 Å². The van der Waals surface area contributed by atoms with Gasteiger partial charge in [-0.2, -0.15) is 5.10 Å². The molecule has 1 aromatic heterocycles. The number of aliphatic hydroxyl groups is 1. The van der Waals surface area contributed by atoms with Gasteiger partial charge >= 0.3 is 0 Å². The van der Waals surface area contributed by atoms with E-state index in [1.807, 2.05) is 0 Å². The normalized spacial score (nSPS) is 15.0. The van der Waals surface area contributed by atoms with E-state index in [-0.39, 0.29) is 17.9 Å². The quantitative estimate of drug-likeness (QED) is 0.527. The first-order valence-corrected chi connectivity index (χ1v) is 10.7. The molecular weight excluding hydrogens is 450 g/mol. The van der Waals surface area contributed by atoms with Crippen molar-refractivity contribution in [1.29, 1.82) is 0 Å². The number of benzene rings is 2. The number of aromatic nitrogens is 2. The smallest absolute Gasteiger partial charge is 0.252 e. The highest BCUT2D eigenvalue weighted by Crippen LogP contribution is 2.28. The first-order chi connectivity index (χ1) is 16.0. The first-order valence-electron chi connectivity index (χ1n) is 10.3. The minimum Gasteiger partial charge on any atom is -0.393 e. The Bertz CT molecular complexity index is 1190. The van der Waals surface area contributed by atoms with Crippen molar-refractivity contribution in [2.75, 3.05) is 13.2 Å². The van der Waals surface area contributed by atoms with Gasteiger partial charge < -0.3 is 10.4 Å². The summed E-state index contributed by atoms with van der Waals surface area (Å²) in [6, 6.07) is 11.6. The fourth-order valence-corrected chi connectivity index (χ4v) is 3.90. The second kappa shape index (κ2) is 10.1. The number of alkyl halides is 1. The molecule has 0 unspecified atom stereocenters. The van der Waals surface area contributed by atoms with Gasteiger partial charge in [-0.05, 0) is 47.5 Å². The average Bonchev–Trinajstić information content (AvgIpc) is 3.51. The van der Waals surface area contributed by atoms with Crippen LogP contribution in [0.25, 0.3) is 5.57 Å². The Kier molecular flexibility index (Phi) is 6.96. The lowest BCUT2D eigenvalue weighted by Gasteiger charge is -2.22. The molecule has 6 nitrogen and oxygen atoms in total. The van der Waals surface area contributed by atoms with Crippen molar-refractivity contribution in [3.8, 4) is 0 Å². The Morgan fingerprint density at radius 2 is 2.00 bits per heavy atom. The monoisotopic (exact) mass is 470 g/mol. The zero-order valence-corrected chi connectivity index (χ0v) is 18.2. The van der Waals surface area contributed by atoms with Gasteiger partial charge in [-0.15, -0.1) is 0 Å². The molecule has 0 saturated carbocycles. The Morgan fingerprint density at radius 1 is 1.21 bits per heavy atom. The second-order valence-corrected chi connectivity index (χ2v) is 7.95. The Hall–Kier alpha value is -3.36. The van der Waals surface area contributed by atoms with Crippen molar-refractivity contribution >= 4 is 28.8 Å². The number of allylic oxidation sites excluding steroid dienone is 1. The maximum absolute atomic E-state index is 14.4. The molecule has 2 N–H and O–H groups in total. The SMILES string of the molecule is O=C(N[C@H](Cn1cccn1)[C@H](F)CO)c1cccc(Cl)c1C1=NCC(c2ccc(F)cc2)=C1. The van der Waals surface area contributed by atoms with Gasteiger partial charge in [-0.1, -0.05) is 29.8 Å². The molecule has 0 spiro atoms. The van der Waals surface area contributed by atoms with E-state index in [0.29, 0.717) is 22.8 Å². The van der Waals surface area contributed by atoms with Crippen LogP contribution in [0.5, 0.6) is 0 Å². The van der Waals surface area contributed by atoms with Crippen LogP contribution in [0.2, 0.25) is 5.02 Å². The molecule has 0 bridgehead atoms. The van der Waals surface area contributed by atoms with E-state index in [1.165, 1.54) is 16.8 Å². The Morgan fingerprint density at radius 3 is 2.70 bits per heavy atom. The highest BCUT2D eigenvalue weighted by molar-refractivity contribution is 6.37. The van der Waals surface area contributed by atoms with E-state index in [2.05, 4.69) is 15.4 Å². The number of nitrogens with zero attached hydrogens (tertiary/aromatic N) is 3. The minimum atomic E-state index is -1.69. The van der Waals surface area contributed by atoms with Crippen LogP contribution in [0.4, 0.5) is 8.78 Å². The molecule has 0 saturated heterocycles. The molecule has 9 heteroatoms. The van der Waals surface area contributed by atoms with E-state index in [9.17, 15) is 18.7 Å². The third-order valence-electron chi connectivity index (χ3n) is 5.33. The van der Waals surface area contributed by atoms with Crippen molar-refractivity contribution in [2.45, 2.75) is 18.8 Å². The summed E-state index contributed by atoms with van der Waals surface area (Å²) < 4.78 is 29.2. The highest BCUT2D eigenvalue weighted by Gasteiger charge is 2.27. The molecule has 1 aliphatic heterocycles. The summed E-state index contributed by atoms with van der Waals surface area (Å²) in [5, 5.41) is 16.3. The fraction of sp³-hybridized carbons (Fsp3) is 0.208. The number of nitrogens with one attached hydrogen (secondary N) is 1. The van der Waals surface area contributed by atoms with Gasteiger partial charge in [0.1, 0.15) is 12.0 Å². The van der Waals surface area contributed by atoms with Gasteiger partial charge in [0.15, 0.2) is 0 Å². The lowest BCUT2D eigenvalue weighted by atomic mass is 9.99. The number of carbonyl (C=O) groups excluding carboxylic acids is 1. The molecule has 1 aliphatic rings. The number of halogens is 3. The van der Waals surface area contributed by atoms with E-state index >= 15 is 0 Å². The van der Waals surface area contributed by atoms with Crippen LogP contribution >= 0.6 is 11.6 Å². The molecule has 2 atom stereocenters. The van der Waals surface area contributed by atoms with Crippen LogP contribution in [0.15, 0.2) is 72.0 Å². The summed E-state index contributed by atoms with van der Waals surface area (Å²) in [6.45, 7) is -0.344. The number of aliphatic hydroxyl groups excluding tert-OH is 1. The third-order valence-corrected chi connectivity index (χ3v) is 5.65. The summed E-state index contributed by atoms with van der Waals surface area (Å²) >= 11 is 6.44. The largest absolute Gasteiger partial charge is 0.393 e. The number of rotatable bonds is 8. The van der Waals surface area contributed by atoms with Crippen molar-refractivity contribution in [3.63, 3.8) is 0 Å². The van der Waals surface area contributed by atoms with Gasteiger partial charge in [0.05, 0.1) is 42.0 Å². The van der Waals surface area contributed by atoms with Crippen molar-refractivity contribution < 1.29 is 18.7 Å². The number of hydrogen-bond acceptors (Lipinski definition) is 4. The predicted molar refractivity (Wildman–Crippen MR) is 123 cm³/mol. The van der Waals surface area contributed by atoms with Crippen molar-refractivity contribution in [3.05, 3.63) is 94.5 Å². The molecule has 0 fully saturated rings. The van der Waals surface area contributed by atoms with Crippen LogP contribution in [0.1, 0.15) is 21.5 Å². The summed E-state index contributed by atoms with van der Waals surface area (Å²) in [7, 11) is 0. The summed E-state index contributed by atoms with van der Waals surface area (Å²) in [6.07, 6.45) is 3.31. The van der Waals surface area contributed by atoms with Gasteiger partial charge in [0, 0.05) is 18.0 Å². The summed E-state index contributed by atoms with van der Waals surface area (Å²) in [5.74, 6) is -0.880. The summed E-state index contributed by atoms with van der Waals surface area (Å²) in [4.78, 5) is 17.7. The number of carbonyl (C=O) groups is 1. The second-order valence-electron chi connectivity index (χ2n) is 7.55. The predicted octanol–water partition coefficient (Wildman–Crippen LogP) is 3.69. The number of hydrogen-bond donors (Lipinski definition) is 2. The Balaban J connectivity index is 1.61. The van der Waals surface area contributed by atoms with Crippen molar-refractivity contribution in [2.24, 2.45) is 4.99 Å². The first kappa shape index (κ1) is 22.8. The molecular formula is C24H21ClF2N4O2. The molecule has 2 aromatic carbocycles. The molecule has 2 heterocycles.